The molecule has 2 rings (SSSR count). The third-order valence-corrected chi connectivity index (χ3v) is 4.61. The SMILES string of the molecule is CN1CCN(CC(=O)c2sccc2Br)C(=O)C1=O. The Hall–Kier alpha value is -1.21. The van der Waals surface area contributed by atoms with Gasteiger partial charge in [-0.25, -0.2) is 0 Å². The van der Waals surface area contributed by atoms with Gasteiger partial charge in [0, 0.05) is 24.6 Å². The summed E-state index contributed by atoms with van der Waals surface area (Å²) >= 11 is 4.60. The molecular weight excluding hydrogens is 320 g/mol. The van der Waals surface area contributed by atoms with Gasteiger partial charge >= 0.3 is 11.8 Å². The average molecular weight is 331 g/mol. The number of thiophene rings is 1. The minimum Gasteiger partial charge on any atom is -0.336 e. The standard InChI is InChI=1S/C11H11BrN2O3S/c1-13-3-4-14(11(17)10(13)16)6-8(15)9-7(12)2-5-18-9/h2,5H,3-4,6H2,1H3. The molecule has 2 heterocycles. The maximum Gasteiger partial charge on any atom is 0.312 e. The van der Waals surface area contributed by atoms with Crippen LogP contribution in [-0.2, 0) is 9.59 Å². The lowest BCUT2D eigenvalue weighted by Crippen LogP contribution is -2.53. The summed E-state index contributed by atoms with van der Waals surface area (Å²) in [5.41, 5.74) is 0. The molecule has 0 radical (unpaired) electrons. The predicted molar refractivity (Wildman–Crippen MR) is 70.6 cm³/mol. The van der Waals surface area contributed by atoms with E-state index in [4.69, 9.17) is 0 Å². The maximum atomic E-state index is 12.0. The van der Waals surface area contributed by atoms with Crippen molar-refractivity contribution in [3.8, 4) is 0 Å². The van der Waals surface area contributed by atoms with E-state index in [0.717, 1.165) is 4.47 Å². The Morgan fingerprint density at radius 1 is 1.39 bits per heavy atom. The monoisotopic (exact) mass is 330 g/mol. The molecule has 0 atom stereocenters. The van der Waals surface area contributed by atoms with Crippen LogP contribution >= 0.6 is 27.3 Å². The minimum atomic E-state index is -0.607. The van der Waals surface area contributed by atoms with Crippen LogP contribution in [0.3, 0.4) is 0 Å². The summed E-state index contributed by atoms with van der Waals surface area (Å²) in [7, 11) is 1.58. The fourth-order valence-corrected chi connectivity index (χ4v) is 3.19. The molecule has 1 aromatic rings. The molecule has 0 N–H and O–H groups in total. The molecule has 1 aliphatic heterocycles. The zero-order valence-corrected chi connectivity index (χ0v) is 12.1. The van der Waals surface area contributed by atoms with Gasteiger partial charge in [0.2, 0.25) is 0 Å². The molecule has 0 aliphatic carbocycles. The van der Waals surface area contributed by atoms with E-state index >= 15 is 0 Å². The first-order valence-electron chi connectivity index (χ1n) is 5.31. The summed E-state index contributed by atoms with van der Waals surface area (Å²) in [4.78, 5) is 38.4. The second-order valence-corrected chi connectivity index (χ2v) is 5.74. The van der Waals surface area contributed by atoms with Crippen molar-refractivity contribution in [3.63, 3.8) is 0 Å². The summed E-state index contributed by atoms with van der Waals surface area (Å²) in [6, 6.07) is 1.79. The topological polar surface area (TPSA) is 57.7 Å². The zero-order chi connectivity index (χ0) is 13.3. The molecule has 1 aliphatic rings. The highest BCUT2D eigenvalue weighted by Gasteiger charge is 2.31. The molecule has 0 bridgehead atoms. The number of carbonyl (C=O) groups is 3. The molecule has 7 heteroatoms. The number of amides is 2. The van der Waals surface area contributed by atoms with Crippen molar-refractivity contribution < 1.29 is 14.4 Å². The Balaban J connectivity index is 2.07. The molecule has 18 heavy (non-hydrogen) atoms. The zero-order valence-electron chi connectivity index (χ0n) is 9.68. The summed E-state index contributed by atoms with van der Waals surface area (Å²) < 4.78 is 0.727. The van der Waals surface area contributed by atoms with Crippen LogP contribution in [0.2, 0.25) is 0 Å². The Labute approximate surface area is 116 Å². The van der Waals surface area contributed by atoms with Gasteiger partial charge in [-0.05, 0) is 27.4 Å². The second-order valence-electron chi connectivity index (χ2n) is 3.97. The van der Waals surface area contributed by atoms with Crippen molar-refractivity contribution in [2.45, 2.75) is 0 Å². The molecule has 5 nitrogen and oxygen atoms in total. The van der Waals surface area contributed by atoms with Gasteiger partial charge in [-0.3, -0.25) is 14.4 Å². The molecule has 1 fully saturated rings. The Bertz CT molecular complexity index is 514. The highest BCUT2D eigenvalue weighted by Crippen LogP contribution is 2.23. The third-order valence-electron chi connectivity index (χ3n) is 2.73. The Kier molecular flexibility index (Phi) is 3.82. The number of hydrogen-bond donors (Lipinski definition) is 0. The number of nitrogens with zero attached hydrogens (tertiary/aromatic N) is 2. The van der Waals surface area contributed by atoms with Crippen LogP contribution in [0.15, 0.2) is 15.9 Å². The van der Waals surface area contributed by atoms with Gasteiger partial charge in [0.05, 0.1) is 11.4 Å². The first-order chi connectivity index (χ1) is 8.50. The molecular formula is C11H11BrN2O3S. The van der Waals surface area contributed by atoms with Crippen molar-refractivity contribution in [2.75, 3.05) is 26.7 Å². The minimum absolute atomic E-state index is 0.0441. The van der Waals surface area contributed by atoms with Crippen molar-refractivity contribution in [1.82, 2.24) is 9.80 Å². The fraction of sp³-hybridized carbons (Fsp3) is 0.364. The lowest BCUT2D eigenvalue weighted by Gasteiger charge is -2.30. The smallest absolute Gasteiger partial charge is 0.312 e. The van der Waals surface area contributed by atoms with Crippen molar-refractivity contribution >= 4 is 44.9 Å². The van der Waals surface area contributed by atoms with Crippen LogP contribution in [0, 0.1) is 0 Å². The summed E-state index contributed by atoms with van der Waals surface area (Å²) in [6.07, 6.45) is 0. The van der Waals surface area contributed by atoms with Crippen molar-refractivity contribution in [2.24, 2.45) is 0 Å². The number of piperazine rings is 1. The van der Waals surface area contributed by atoms with Gasteiger partial charge in [0.15, 0.2) is 5.78 Å². The van der Waals surface area contributed by atoms with E-state index in [-0.39, 0.29) is 12.3 Å². The molecule has 96 valence electrons. The van der Waals surface area contributed by atoms with Crippen LogP contribution < -0.4 is 0 Å². The number of rotatable bonds is 3. The lowest BCUT2D eigenvalue weighted by atomic mass is 10.2. The molecule has 1 saturated heterocycles. The van der Waals surface area contributed by atoms with Gasteiger partial charge in [-0.2, -0.15) is 0 Å². The number of likely N-dealkylation sites (N-methyl/N-ethyl adjacent to an activating group) is 1. The largest absolute Gasteiger partial charge is 0.336 e. The summed E-state index contributed by atoms with van der Waals surface area (Å²) in [5.74, 6) is -1.31. The normalized spacial score (nSPS) is 16.3. The first-order valence-corrected chi connectivity index (χ1v) is 6.98. The lowest BCUT2D eigenvalue weighted by molar-refractivity contribution is -0.154. The number of Topliss-reactive ketones (excluding diaryl/α,β-unsaturated/α-hetero) is 1. The highest BCUT2D eigenvalue weighted by molar-refractivity contribution is 9.10. The van der Waals surface area contributed by atoms with Crippen molar-refractivity contribution in [3.05, 3.63) is 20.8 Å². The van der Waals surface area contributed by atoms with Gasteiger partial charge < -0.3 is 9.80 Å². The Morgan fingerprint density at radius 2 is 2.11 bits per heavy atom. The highest BCUT2D eigenvalue weighted by atomic mass is 79.9. The van der Waals surface area contributed by atoms with Gasteiger partial charge in [-0.15, -0.1) is 11.3 Å². The third kappa shape index (κ3) is 2.46. The number of hydrogen-bond acceptors (Lipinski definition) is 4. The predicted octanol–water partition coefficient (Wildman–Crippen LogP) is 0.994. The molecule has 1 aromatic heterocycles. The van der Waals surface area contributed by atoms with Crippen LogP contribution in [0.5, 0.6) is 0 Å². The quantitative estimate of drug-likeness (QED) is 0.613. The molecule has 0 unspecified atom stereocenters. The van der Waals surface area contributed by atoms with Gasteiger partial charge in [-0.1, -0.05) is 0 Å². The number of ketones is 1. The maximum absolute atomic E-state index is 12.0. The van der Waals surface area contributed by atoms with E-state index < -0.39 is 11.8 Å². The summed E-state index contributed by atoms with van der Waals surface area (Å²) in [6.45, 7) is 0.816. The van der Waals surface area contributed by atoms with E-state index in [9.17, 15) is 14.4 Å². The van der Waals surface area contributed by atoms with Crippen molar-refractivity contribution in [1.29, 1.82) is 0 Å². The first kappa shape index (κ1) is 13.2. The van der Waals surface area contributed by atoms with E-state index in [0.29, 0.717) is 18.0 Å². The number of halogens is 1. The summed E-state index contributed by atoms with van der Waals surface area (Å²) in [5, 5.41) is 1.80. The van der Waals surface area contributed by atoms with Crippen LogP contribution in [0.4, 0.5) is 0 Å². The fourth-order valence-electron chi connectivity index (χ4n) is 1.66. The average Bonchev–Trinajstić information content (AvgIpc) is 2.76. The van der Waals surface area contributed by atoms with Crippen LogP contribution in [-0.4, -0.2) is 54.1 Å². The van der Waals surface area contributed by atoms with Crippen LogP contribution in [0.25, 0.3) is 0 Å². The van der Waals surface area contributed by atoms with E-state index in [1.807, 2.05) is 0 Å². The van der Waals surface area contributed by atoms with Gasteiger partial charge in [0.1, 0.15) is 0 Å². The van der Waals surface area contributed by atoms with E-state index in [1.54, 1.807) is 18.5 Å². The molecule has 0 saturated carbocycles. The second kappa shape index (κ2) is 5.19. The van der Waals surface area contributed by atoms with Crippen LogP contribution in [0.1, 0.15) is 9.67 Å². The van der Waals surface area contributed by atoms with Gasteiger partial charge in [0.25, 0.3) is 0 Å². The Morgan fingerprint density at radius 3 is 2.72 bits per heavy atom. The molecule has 0 spiro atoms. The van der Waals surface area contributed by atoms with E-state index in [1.165, 1.54) is 21.1 Å². The number of carbonyl (C=O) groups excluding carboxylic acids is 3. The molecule has 2 amide bonds. The molecule has 0 aromatic carbocycles. The van der Waals surface area contributed by atoms with E-state index in [2.05, 4.69) is 15.9 Å².